The molecule has 3 nitrogen and oxygen atoms in total. The monoisotopic (exact) mass is 331 g/mol. The summed E-state index contributed by atoms with van der Waals surface area (Å²) in [4.78, 5) is 6.69. The molecule has 1 atom stereocenters. The third-order valence-electron chi connectivity index (χ3n) is 5.27. The van der Waals surface area contributed by atoms with Crippen molar-refractivity contribution in [1.82, 2.24) is 14.5 Å². The van der Waals surface area contributed by atoms with Crippen LogP contribution in [0.4, 0.5) is 0 Å². The Morgan fingerprint density at radius 3 is 2.52 bits per heavy atom. The SMILES string of the molecule is CC(c1cccc(-c2ccc(Cn3ccnc3)cc2)c1)N1CCCC1. The Bertz CT molecular complexity index is 800. The van der Waals surface area contributed by atoms with Crippen LogP contribution < -0.4 is 0 Å². The van der Waals surface area contributed by atoms with Crippen LogP contribution in [-0.2, 0) is 6.54 Å². The van der Waals surface area contributed by atoms with E-state index in [0.717, 1.165) is 6.54 Å². The zero-order valence-corrected chi connectivity index (χ0v) is 14.8. The van der Waals surface area contributed by atoms with Gasteiger partial charge in [-0.05, 0) is 61.2 Å². The molecule has 0 spiro atoms. The van der Waals surface area contributed by atoms with Gasteiger partial charge in [0, 0.05) is 25.0 Å². The van der Waals surface area contributed by atoms with Crippen molar-refractivity contribution in [2.45, 2.75) is 32.4 Å². The first-order chi connectivity index (χ1) is 12.3. The van der Waals surface area contributed by atoms with Crippen LogP contribution >= 0.6 is 0 Å². The molecule has 0 bridgehead atoms. The molecule has 2 heterocycles. The molecule has 1 aliphatic rings. The molecule has 2 aromatic carbocycles. The molecule has 128 valence electrons. The van der Waals surface area contributed by atoms with E-state index in [0.29, 0.717) is 6.04 Å². The fourth-order valence-electron chi connectivity index (χ4n) is 3.71. The Balaban J connectivity index is 1.52. The van der Waals surface area contributed by atoms with E-state index in [2.05, 4.69) is 69.9 Å². The van der Waals surface area contributed by atoms with E-state index in [1.165, 1.54) is 48.2 Å². The minimum absolute atomic E-state index is 0.503. The zero-order valence-electron chi connectivity index (χ0n) is 14.8. The van der Waals surface area contributed by atoms with Crippen LogP contribution in [0.2, 0.25) is 0 Å². The lowest BCUT2D eigenvalue weighted by Crippen LogP contribution is -2.23. The molecule has 3 heteroatoms. The van der Waals surface area contributed by atoms with Crippen molar-refractivity contribution in [3.05, 3.63) is 78.4 Å². The second-order valence-corrected chi connectivity index (χ2v) is 6.98. The molecule has 4 rings (SSSR count). The number of aromatic nitrogens is 2. The summed E-state index contributed by atoms with van der Waals surface area (Å²) in [5.41, 5.74) is 5.30. The second kappa shape index (κ2) is 7.24. The van der Waals surface area contributed by atoms with Gasteiger partial charge in [-0.25, -0.2) is 4.98 Å². The van der Waals surface area contributed by atoms with Crippen molar-refractivity contribution >= 4 is 0 Å². The maximum atomic E-state index is 4.10. The third-order valence-corrected chi connectivity index (χ3v) is 5.27. The summed E-state index contributed by atoms with van der Waals surface area (Å²) in [7, 11) is 0. The highest BCUT2D eigenvalue weighted by molar-refractivity contribution is 5.64. The van der Waals surface area contributed by atoms with E-state index in [1.54, 1.807) is 0 Å². The maximum Gasteiger partial charge on any atom is 0.0949 e. The molecule has 1 aliphatic heterocycles. The van der Waals surface area contributed by atoms with Crippen LogP contribution in [0.3, 0.4) is 0 Å². The van der Waals surface area contributed by atoms with Crippen molar-refractivity contribution in [1.29, 1.82) is 0 Å². The predicted molar refractivity (Wildman–Crippen MR) is 102 cm³/mol. The summed E-state index contributed by atoms with van der Waals surface area (Å²) in [6.07, 6.45) is 8.35. The van der Waals surface area contributed by atoms with Gasteiger partial charge in [-0.1, -0.05) is 42.5 Å². The van der Waals surface area contributed by atoms with E-state index in [-0.39, 0.29) is 0 Å². The van der Waals surface area contributed by atoms with Crippen LogP contribution in [-0.4, -0.2) is 27.5 Å². The third kappa shape index (κ3) is 3.67. The normalized spacial score (nSPS) is 16.2. The predicted octanol–water partition coefficient (Wildman–Crippen LogP) is 4.76. The number of imidazole rings is 1. The fraction of sp³-hybridized carbons (Fsp3) is 0.318. The minimum atomic E-state index is 0.503. The highest BCUT2D eigenvalue weighted by Gasteiger charge is 2.19. The summed E-state index contributed by atoms with van der Waals surface area (Å²) in [5.74, 6) is 0. The Morgan fingerprint density at radius 1 is 1.00 bits per heavy atom. The minimum Gasteiger partial charge on any atom is -0.333 e. The smallest absolute Gasteiger partial charge is 0.0949 e. The van der Waals surface area contributed by atoms with Gasteiger partial charge in [0.2, 0.25) is 0 Å². The Labute approximate surface area is 149 Å². The number of likely N-dealkylation sites (tertiary alicyclic amines) is 1. The number of rotatable bonds is 5. The molecule has 1 fully saturated rings. The summed E-state index contributed by atoms with van der Waals surface area (Å²) >= 11 is 0. The van der Waals surface area contributed by atoms with Crippen molar-refractivity contribution in [3.63, 3.8) is 0 Å². The molecule has 0 radical (unpaired) electrons. The van der Waals surface area contributed by atoms with Gasteiger partial charge in [-0.15, -0.1) is 0 Å². The summed E-state index contributed by atoms with van der Waals surface area (Å²) in [6, 6.07) is 18.4. The fourth-order valence-corrected chi connectivity index (χ4v) is 3.71. The van der Waals surface area contributed by atoms with Gasteiger partial charge in [0.15, 0.2) is 0 Å². The largest absolute Gasteiger partial charge is 0.333 e. The Kier molecular flexibility index (Phi) is 4.66. The molecule has 25 heavy (non-hydrogen) atoms. The molecular weight excluding hydrogens is 306 g/mol. The second-order valence-electron chi connectivity index (χ2n) is 6.98. The summed E-state index contributed by atoms with van der Waals surface area (Å²) in [6.45, 7) is 5.66. The number of hydrogen-bond donors (Lipinski definition) is 0. The van der Waals surface area contributed by atoms with E-state index < -0.39 is 0 Å². The molecular formula is C22H25N3. The van der Waals surface area contributed by atoms with Gasteiger partial charge < -0.3 is 4.57 Å². The summed E-state index contributed by atoms with van der Waals surface area (Å²) < 4.78 is 2.09. The quantitative estimate of drug-likeness (QED) is 0.672. The van der Waals surface area contributed by atoms with E-state index in [4.69, 9.17) is 0 Å². The van der Waals surface area contributed by atoms with Crippen molar-refractivity contribution in [3.8, 4) is 11.1 Å². The average Bonchev–Trinajstić information content (AvgIpc) is 3.36. The molecule has 1 aromatic heterocycles. The van der Waals surface area contributed by atoms with Gasteiger partial charge >= 0.3 is 0 Å². The first-order valence-corrected chi connectivity index (χ1v) is 9.19. The molecule has 0 aliphatic carbocycles. The van der Waals surface area contributed by atoms with Gasteiger partial charge in [0.1, 0.15) is 0 Å². The van der Waals surface area contributed by atoms with Gasteiger partial charge in [0.05, 0.1) is 6.33 Å². The van der Waals surface area contributed by atoms with Crippen LogP contribution in [0.15, 0.2) is 67.3 Å². The van der Waals surface area contributed by atoms with Crippen LogP contribution in [0.25, 0.3) is 11.1 Å². The van der Waals surface area contributed by atoms with E-state index in [1.807, 2.05) is 18.7 Å². The molecule has 0 amide bonds. The molecule has 3 aromatic rings. The van der Waals surface area contributed by atoms with Gasteiger partial charge in [0.25, 0.3) is 0 Å². The summed E-state index contributed by atoms with van der Waals surface area (Å²) in [5, 5.41) is 0. The molecule has 1 unspecified atom stereocenters. The Morgan fingerprint density at radius 2 is 1.80 bits per heavy atom. The first kappa shape index (κ1) is 16.1. The molecule has 0 N–H and O–H groups in total. The first-order valence-electron chi connectivity index (χ1n) is 9.19. The lowest BCUT2D eigenvalue weighted by Gasteiger charge is -2.24. The number of nitrogens with zero attached hydrogens (tertiary/aromatic N) is 3. The lowest BCUT2D eigenvalue weighted by molar-refractivity contribution is 0.263. The zero-order chi connectivity index (χ0) is 17.1. The Hall–Kier alpha value is -2.39. The highest BCUT2D eigenvalue weighted by atomic mass is 15.2. The topological polar surface area (TPSA) is 21.1 Å². The van der Waals surface area contributed by atoms with Gasteiger partial charge in [-0.2, -0.15) is 0 Å². The highest BCUT2D eigenvalue weighted by Crippen LogP contribution is 2.28. The van der Waals surface area contributed by atoms with Crippen LogP contribution in [0.5, 0.6) is 0 Å². The standard InChI is InChI=1S/C22H25N3/c1-18(25-12-2-3-13-25)21-5-4-6-22(15-21)20-9-7-19(8-10-20)16-24-14-11-23-17-24/h4-11,14-15,17-18H,2-3,12-13,16H2,1H3. The van der Waals surface area contributed by atoms with E-state index in [9.17, 15) is 0 Å². The van der Waals surface area contributed by atoms with Crippen molar-refractivity contribution in [2.24, 2.45) is 0 Å². The average molecular weight is 331 g/mol. The number of hydrogen-bond acceptors (Lipinski definition) is 2. The number of benzene rings is 2. The lowest BCUT2D eigenvalue weighted by atomic mass is 9.99. The molecule has 1 saturated heterocycles. The van der Waals surface area contributed by atoms with E-state index >= 15 is 0 Å². The van der Waals surface area contributed by atoms with Crippen LogP contribution in [0, 0.1) is 0 Å². The maximum absolute atomic E-state index is 4.10. The van der Waals surface area contributed by atoms with Crippen LogP contribution in [0.1, 0.15) is 36.9 Å². The molecule has 0 saturated carbocycles. The van der Waals surface area contributed by atoms with Gasteiger partial charge in [-0.3, -0.25) is 4.90 Å². The van der Waals surface area contributed by atoms with Crippen molar-refractivity contribution < 1.29 is 0 Å². The van der Waals surface area contributed by atoms with Crippen molar-refractivity contribution in [2.75, 3.05) is 13.1 Å².